The Bertz CT molecular complexity index is 589. The number of aliphatic imine (C=N–C) groups is 1. The second-order valence-electron chi connectivity index (χ2n) is 4.37. The molecule has 0 bridgehead atoms. The van der Waals surface area contributed by atoms with Gasteiger partial charge in [0.1, 0.15) is 5.69 Å². The van der Waals surface area contributed by atoms with Crippen LogP contribution in [0.5, 0.6) is 0 Å². The van der Waals surface area contributed by atoms with E-state index in [1.165, 1.54) is 0 Å². The summed E-state index contributed by atoms with van der Waals surface area (Å²) in [5.41, 5.74) is 2.43. The molecule has 0 N–H and O–H groups in total. The fraction of sp³-hybridized carbons (Fsp3) is 0.214. The molecule has 0 saturated carbocycles. The Hall–Kier alpha value is -1.68. The van der Waals surface area contributed by atoms with Crippen LogP contribution >= 0.6 is 11.8 Å². The number of carbonyl (C=O) groups is 1. The number of carbonyl (C=O) groups excluding carboxylic acids is 1. The van der Waals surface area contributed by atoms with E-state index in [9.17, 15) is 4.79 Å². The van der Waals surface area contributed by atoms with Gasteiger partial charge in [0.15, 0.2) is 6.29 Å². The Morgan fingerprint density at radius 1 is 1.39 bits per heavy atom. The van der Waals surface area contributed by atoms with E-state index < -0.39 is 0 Å². The number of fused-ring (bicyclic) bond motifs is 1. The summed E-state index contributed by atoms with van der Waals surface area (Å²) in [5, 5.41) is 0.381. The number of hydrogen-bond acceptors (Lipinski definition) is 4. The van der Waals surface area contributed by atoms with E-state index in [1.54, 1.807) is 17.8 Å². The molecule has 18 heavy (non-hydrogen) atoms. The lowest BCUT2D eigenvalue weighted by Crippen LogP contribution is -2.20. The van der Waals surface area contributed by atoms with Gasteiger partial charge >= 0.3 is 0 Å². The van der Waals surface area contributed by atoms with Gasteiger partial charge in [0.2, 0.25) is 0 Å². The summed E-state index contributed by atoms with van der Waals surface area (Å²) in [6, 6.07) is 5.51. The maximum atomic E-state index is 10.8. The number of aldehydes is 1. The Morgan fingerprint density at radius 2 is 2.28 bits per heavy atom. The third kappa shape index (κ3) is 1.93. The molecule has 3 rings (SSSR count). The minimum absolute atomic E-state index is 0.381. The molecule has 2 aliphatic heterocycles. The highest BCUT2D eigenvalue weighted by Crippen LogP contribution is 2.42. The van der Waals surface area contributed by atoms with Crippen LogP contribution < -0.4 is 0 Å². The van der Waals surface area contributed by atoms with Crippen molar-refractivity contribution in [1.82, 2.24) is 4.98 Å². The molecule has 0 radical (unpaired) electrons. The van der Waals surface area contributed by atoms with Crippen molar-refractivity contribution in [2.24, 2.45) is 10.9 Å². The van der Waals surface area contributed by atoms with Crippen LogP contribution in [0.4, 0.5) is 0 Å². The summed E-state index contributed by atoms with van der Waals surface area (Å²) in [5.74, 6) is 0.477. The van der Waals surface area contributed by atoms with Crippen molar-refractivity contribution in [2.45, 2.75) is 12.2 Å². The maximum absolute atomic E-state index is 10.8. The van der Waals surface area contributed by atoms with Crippen molar-refractivity contribution in [3.63, 3.8) is 0 Å². The van der Waals surface area contributed by atoms with Crippen molar-refractivity contribution in [1.29, 1.82) is 0 Å². The Morgan fingerprint density at radius 3 is 3.06 bits per heavy atom. The van der Waals surface area contributed by atoms with Crippen LogP contribution in [-0.2, 0) is 0 Å². The molecule has 0 aliphatic carbocycles. The minimum Gasteiger partial charge on any atom is -0.296 e. The number of nitrogens with zero attached hydrogens (tertiary/aromatic N) is 2. The highest BCUT2D eigenvalue weighted by molar-refractivity contribution is 8.10. The third-order valence-electron chi connectivity index (χ3n) is 3.06. The van der Waals surface area contributed by atoms with Gasteiger partial charge in [-0.3, -0.25) is 9.79 Å². The predicted molar refractivity (Wildman–Crippen MR) is 74.7 cm³/mol. The number of hydrogen-bond donors (Lipinski definition) is 0. The molecule has 0 aromatic carbocycles. The first-order valence-corrected chi connectivity index (χ1v) is 6.71. The monoisotopic (exact) mass is 256 g/mol. The van der Waals surface area contributed by atoms with Crippen molar-refractivity contribution in [3.05, 3.63) is 47.9 Å². The van der Waals surface area contributed by atoms with Crippen molar-refractivity contribution in [3.8, 4) is 0 Å². The summed E-state index contributed by atoms with van der Waals surface area (Å²) >= 11 is 1.78. The number of aromatic nitrogens is 1. The molecule has 2 unspecified atom stereocenters. The van der Waals surface area contributed by atoms with Crippen LogP contribution in [0.25, 0.3) is 4.91 Å². The molecule has 0 saturated heterocycles. The zero-order valence-electron chi connectivity index (χ0n) is 9.91. The number of rotatable bonds is 2. The fourth-order valence-corrected chi connectivity index (χ4v) is 3.34. The summed E-state index contributed by atoms with van der Waals surface area (Å²) in [4.78, 5) is 20.6. The molecule has 0 amide bonds. The second kappa shape index (κ2) is 4.53. The van der Waals surface area contributed by atoms with Gasteiger partial charge in [-0.15, -0.1) is 11.8 Å². The van der Waals surface area contributed by atoms with Gasteiger partial charge in [-0.1, -0.05) is 19.1 Å². The van der Waals surface area contributed by atoms with Gasteiger partial charge in [-0.2, -0.15) is 0 Å². The number of thioether (sulfide) groups is 1. The van der Waals surface area contributed by atoms with Gasteiger partial charge in [0.05, 0.1) is 16.7 Å². The van der Waals surface area contributed by atoms with Crippen LogP contribution in [0.1, 0.15) is 23.1 Å². The van der Waals surface area contributed by atoms with Crippen LogP contribution in [0.3, 0.4) is 0 Å². The lowest BCUT2D eigenvalue weighted by atomic mass is 10.0. The number of pyridine rings is 1. The van der Waals surface area contributed by atoms with Crippen molar-refractivity contribution in [2.75, 3.05) is 0 Å². The summed E-state index contributed by atoms with van der Waals surface area (Å²) in [7, 11) is 0. The molecule has 3 heterocycles. The Kier molecular flexibility index (Phi) is 2.88. The summed E-state index contributed by atoms with van der Waals surface area (Å²) in [6.45, 7) is 2.19. The largest absolute Gasteiger partial charge is 0.296 e. The lowest BCUT2D eigenvalue weighted by Gasteiger charge is -2.18. The molecule has 0 spiro atoms. The molecular weight excluding hydrogens is 244 g/mol. The first-order valence-electron chi connectivity index (χ1n) is 5.83. The van der Waals surface area contributed by atoms with Crippen molar-refractivity contribution < 1.29 is 4.79 Å². The topological polar surface area (TPSA) is 42.3 Å². The van der Waals surface area contributed by atoms with E-state index in [1.807, 2.05) is 18.3 Å². The average Bonchev–Trinajstić information content (AvgIpc) is 2.84. The molecular formula is C14H12N2OS. The van der Waals surface area contributed by atoms with E-state index in [0.29, 0.717) is 16.9 Å². The first kappa shape index (κ1) is 11.4. The minimum atomic E-state index is 0.381. The smallest absolute Gasteiger partial charge is 0.168 e. The highest BCUT2D eigenvalue weighted by atomic mass is 32.2. The molecule has 1 aromatic heterocycles. The molecule has 2 aliphatic rings. The van der Waals surface area contributed by atoms with E-state index in [2.05, 4.69) is 29.1 Å². The van der Waals surface area contributed by atoms with Gasteiger partial charge < -0.3 is 0 Å². The van der Waals surface area contributed by atoms with Gasteiger partial charge in [0.25, 0.3) is 0 Å². The van der Waals surface area contributed by atoms with E-state index in [0.717, 1.165) is 22.6 Å². The second-order valence-corrected chi connectivity index (χ2v) is 5.55. The van der Waals surface area contributed by atoms with Gasteiger partial charge in [-0.05, 0) is 24.1 Å². The Balaban J connectivity index is 1.95. The molecule has 1 aromatic rings. The predicted octanol–water partition coefficient (Wildman–Crippen LogP) is 2.95. The summed E-state index contributed by atoms with van der Waals surface area (Å²) < 4.78 is 0. The van der Waals surface area contributed by atoms with Gasteiger partial charge in [0, 0.05) is 11.1 Å². The SMILES string of the molecule is CC1C=CN=C2C=C(c3cccc(C=O)n3)SC21. The zero-order chi connectivity index (χ0) is 12.5. The molecule has 0 fully saturated rings. The zero-order valence-corrected chi connectivity index (χ0v) is 10.7. The fourth-order valence-electron chi connectivity index (χ4n) is 2.09. The van der Waals surface area contributed by atoms with Crippen molar-refractivity contribution >= 4 is 28.7 Å². The van der Waals surface area contributed by atoms with Crippen LogP contribution in [-0.4, -0.2) is 22.2 Å². The molecule has 4 heteroatoms. The normalized spacial score (nSPS) is 25.4. The molecule has 2 atom stereocenters. The first-order chi connectivity index (χ1) is 8.78. The van der Waals surface area contributed by atoms with Crippen LogP contribution in [0.15, 0.2) is 41.5 Å². The standard InChI is InChI=1S/C14H12N2OS/c1-9-5-6-15-12-7-13(18-14(9)12)11-4-2-3-10(8-17)16-11/h2-9,14H,1H3. The van der Waals surface area contributed by atoms with Gasteiger partial charge in [-0.25, -0.2) is 4.98 Å². The lowest BCUT2D eigenvalue weighted by molar-refractivity contribution is 0.111. The van der Waals surface area contributed by atoms with E-state index in [-0.39, 0.29) is 0 Å². The summed E-state index contributed by atoms with van der Waals surface area (Å²) in [6.07, 6.45) is 6.84. The maximum Gasteiger partial charge on any atom is 0.168 e. The number of allylic oxidation sites excluding steroid dienone is 2. The van der Waals surface area contributed by atoms with E-state index >= 15 is 0 Å². The Labute approximate surface area is 110 Å². The van der Waals surface area contributed by atoms with Crippen LogP contribution in [0, 0.1) is 5.92 Å². The highest BCUT2D eigenvalue weighted by Gasteiger charge is 2.30. The molecule has 3 nitrogen and oxygen atoms in total. The molecule has 90 valence electrons. The third-order valence-corrected chi connectivity index (χ3v) is 4.56. The average molecular weight is 256 g/mol. The van der Waals surface area contributed by atoms with Crippen LogP contribution in [0.2, 0.25) is 0 Å². The quantitative estimate of drug-likeness (QED) is 0.764. The van der Waals surface area contributed by atoms with E-state index in [4.69, 9.17) is 0 Å².